The molecule has 1 aromatic carbocycles. The smallest absolute Gasteiger partial charge is 0.407 e. The third-order valence-corrected chi connectivity index (χ3v) is 4.32. The first-order valence-electron chi connectivity index (χ1n) is 9.34. The number of alkyl carbamates (subject to hydrolysis) is 1. The fourth-order valence-corrected chi connectivity index (χ4v) is 2.83. The molecule has 0 aliphatic rings. The lowest BCUT2D eigenvalue weighted by Crippen LogP contribution is -2.54. The van der Waals surface area contributed by atoms with Crippen molar-refractivity contribution in [1.29, 1.82) is 0 Å². The number of rotatable bonds is 10. The van der Waals surface area contributed by atoms with E-state index in [4.69, 9.17) is 4.74 Å². The van der Waals surface area contributed by atoms with E-state index in [-0.39, 0.29) is 18.9 Å². The Morgan fingerprint density at radius 3 is 2.32 bits per heavy atom. The molecule has 8 heteroatoms. The molecule has 0 saturated heterocycles. The number of ether oxygens (including phenoxy) is 1. The van der Waals surface area contributed by atoms with Crippen LogP contribution in [-0.4, -0.2) is 53.7 Å². The van der Waals surface area contributed by atoms with Gasteiger partial charge >= 0.3 is 12.1 Å². The lowest BCUT2D eigenvalue weighted by molar-refractivity contribution is -0.151. The molecule has 156 valence electrons. The van der Waals surface area contributed by atoms with E-state index in [2.05, 4.69) is 5.32 Å². The van der Waals surface area contributed by atoms with Gasteiger partial charge in [0.1, 0.15) is 17.9 Å². The zero-order chi connectivity index (χ0) is 21.3. The first kappa shape index (κ1) is 23.4. The third kappa shape index (κ3) is 7.17. The number of amides is 2. The summed E-state index contributed by atoms with van der Waals surface area (Å²) in [6.07, 6.45) is 0.872. The van der Waals surface area contributed by atoms with E-state index >= 15 is 0 Å². The number of nitrogens with zero attached hydrogens (tertiary/aromatic N) is 1. The van der Waals surface area contributed by atoms with Crippen molar-refractivity contribution in [3.63, 3.8) is 0 Å². The molecule has 0 radical (unpaired) electrons. The highest BCUT2D eigenvalue weighted by Crippen LogP contribution is 2.14. The van der Waals surface area contributed by atoms with Gasteiger partial charge in [-0.2, -0.15) is 0 Å². The second-order valence-electron chi connectivity index (χ2n) is 6.99. The summed E-state index contributed by atoms with van der Waals surface area (Å²) in [6, 6.07) is 3.46. The Balaban J connectivity index is 2.99. The summed E-state index contributed by atoms with van der Waals surface area (Å²) in [4.78, 5) is 37.7. The van der Waals surface area contributed by atoms with Crippen molar-refractivity contribution >= 4 is 18.0 Å². The summed E-state index contributed by atoms with van der Waals surface area (Å²) in [5, 5.41) is 12.0. The van der Waals surface area contributed by atoms with E-state index in [0.29, 0.717) is 12.0 Å². The predicted octanol–water partition coefficient (Wildman–Crippen LogP) is 2.83. The Morgan fingerprint density at radius 2 is 1.82 bits per heavy atom. The van der Waals surface area contributed by atoms with Gasteiger partial charge in [-0.1, -0.05) is 39.3 Å². The van der Waals surface area contributed by atoms with Gasteiger partial charge in [-0.3, -0.25) is 4.79 Å². The van der Waals surface area contributed by atoms with Gasteiger partial charge in [-0.15, -0.1) is 0 Å². The van der Waals surface area contributed by atoms with Crippen molar-refractivity contribution in [1.82, 2.24) is 10.2 Å². The monoisotopic (exact) mass is 396 g/mol. The quantitative estimate of drug-likeness (QED) is 0.593. The number of unbranched alkanes of at least 4 members (excludes halogenated alkanes) is 1. The minimum Gasteiger partial charge on any atom is -0.480 e. The van der Waals surface area contributed by atoms with E-state index in [1.165, 1.54) is 31.3 Å². The SMILES string of the molecule is CCCCOC(=O)NC(Cc1ccc(F)cc1)C(=O)N(C)C(C(=O)O)C(C)C. The van der Waals surface area contributed by atoms with Crippen molar-refractivity contribution in [3.05, 3.63) is 35.6 Å². The second-order valence-corrected chi connectivity index (χ2v) is 6.99. The lowest BCUT2D eigenvalue weighted by Gasteiger charge is -2.31. The number of nitrogens with one attached hydrogen (secondary N) is 1. The van der Waals surface area contributed by atoms with Crippen LogP contribution in [0.15, 0.2) is 24.3 Å². The standard InChI is InChI=1S/C20H29FN2O5/c1-5-6-11-28-20(27)22-16(12-14-7-9-15(21)10-8-14)18(24)23(4)17(13(2)3)19(25)26/h7-10,13,16-17H,5-6,11-12H2,1-4H3,(H,22,27)(H,25,26). The Labute approximate surface area is 164 Å². The van der Waals surface area contributed by atoms with E-state index in [9.17, 15) is 23.9 Å². The molecule has 0 aliphatic heterocycles. The van der Waals surface area contributed by atoms with Crippen molar-refractivity contribution < 1.29 is 28.6 Å². The summed E-state index contributed by atoms with van der Waals surface area (Å²) < 4.78 is 18.2. The summed E-state index contributed by atoms with van der Waals surface area (Å²) >= 11 is 0. The third-order valence-electron chi connectivity index (χ3n) is 4.32. The van der Waals surface area contributed by atoms with Crippen LogP contribution in [-0.2, 0) is 20.7 Å². The molecule has 0 aliphatic carbocycles. The van der Waals surface area contributed by atoms with Gasteiger partial charge in [-0.05, 0) is 30.0 Å². The number of benzene rings is 1. The Kier molecular flexibility index (Phi) is 9.41. The lowest BCUT2D eigenvalue weighted by atomic mass is 10.00. The number of aliphatic carboxylic acids is 1. The molecule has 2 unspecified atom stereocenters. The number of carbonyl (C=O) groups is 3. The first-order chi connectivity index (χ1) is 13.2. The Bertz CT molecular complexity index is 663. The number of carboxylic acids is 1. The first-order valence-corrected chi connectivity index (χ1v) is 9.34. The van der Waals surface area contributed by atoms with Gasteiger partial charge in [0.05, 0.1) is 6.61 Å². The molecule has 0 aromatic heterocycles. The molecule has 0 fully saturated rings. The highest BCUT2D eigenvalue weighted by Gasteiger charge is 2.34. The second kappa shape index (κ2) is 11.3. The van der Waals surface area contributed by atoms with Crippen LogP contribution in [0.25, 0.3) is 0 Å². The van der Waals surface area contributed by atoms with Crippen LogP contribution in [0.3, 0.4) is 0 Å². The molecular weight excluding hydrogens is 367 g/mol. The molecule has 0 saturated carbocycles. The number of halogens is 1. The molecule has 2 atom stereocenters. The van der Waals surface area contributed by atoms with Crippen molar-refractivity contribution in [2.45, 2.75) is 52.1 Å². The maximum absolute atomic E-state index is 13.1. The molecule has 0 spiro atoms. The number of carboxylic acid groups (broad SMARTS) is 1. The van der Waals surface area contributed by atoms with Crippen LogP contribution in [0.2, 0.25) is 0 Å². The van der Waals surface area contributed by atoms with Crippen molar-refractivity contribution in [2.75, 3.05) is 13.7 Å². The zero-order valence-corrected chi connectivity index (χ0v) is 16.8. The van der Waals surface area contributed by atoms with E-state index in [1.54, 1.807) is 13.8 Å². The highest BCUT2D eigenvalue weighted by atomic mass is 19.1. The normalized spacial score (nSPS) is 12.9. The maximum atomic E-state index is 13.1. The van der Waals surface area contributed by atoms with E-state index in [0.717, 1.165) is 11.3 Å². The topological polar surface area (TPSA) is 95.9 Å². The van der Waals surface area contributed by atoms with Gasteiger partial charge in [0.25, 0.3) is 0 Å². The van der Waals surface area contributed by atoms with Gasteiger partial charge in [-0.25, -0.2) is 14.0 Å². The van der Waals surface area contributed by atoms with Crippen LogP contribution in [0, 0.1) is 11.7 Å². The predicted molar refractivity (Wildman–Crippen MR) is 102 cm³/mol. The zero-order valence-electron chi connectivity index (χ0n) is 16.8. The minimum absolute atomic E-state index is 0.0801. The molecule has 1 aromatic rings. The molecule has 28 heavy (non-hydrogen) atoms. The Morgan fingerprint density at radius 1 is 1.21 bits per heavy atom. The van der Waals surface area contributed by atoms with Crippen LogP contribution in [0.4, 0.5) is 9.18 Å². The summed E-state index contributed by atoms with van der Waals surface area (Å²) in [5.41, 5.74) is 0.624. The maximum Gasteiger partial charge on any atom is 0.407 e. The number of hydrogen-bond acceptors (Lipinski definition) is 4. The van der Waals surface area contributed by atoms with Crippen LogP contribution >= 0.6 is 0 Å². The largest absolute Gasteiger partial charge is 0.480 e. The minimum atomic E-state index is -1.13. The molecular formula is C20H29FN2O5. The van der Waals surface area contributed by atoms with Gasteiger partial charge in [0.15, 0.2) is 0 Å². The molecule has 7 nitrogen and oxygen atoms in total. The van der Waals surface area contributed by atoms with E-state index in [1.807, 2.05) is 6.92 Å². The van der Waals surface area contributed by atoms with Crippen molar-refractivity contribution in [3.8, 4) is 0 Å². The van der Waals surface area contributed by atoms with Crippen LogP contribution < -0.4 is 5.32 Å². The van der Waals surface area contributed by atoms with Gasteiger partial charge < -0.3 is 20.1 Å². The average Bonchev–Trinajstić information content (AvgIpc) is 2.62. The van der Waals surface area contributed by atoms with E-state index < -0.39 is 35.9 Å². The summed E-state index contributed by atoms with van der Waals surface area (Å²) in [5.74, 6) is -2.43. The molecule has 2 amide bonds. The van der Waals surface area contributed by atoms with Crippen molar-refractivity contribution in [2.24, 2.45) is 5.92 Å². The van der Waals surface area contributed by atoms with Gasteiger partial charge in [0, 0.05) is 13.5 Å². The van der Waals surface area contributed by atoms with Gasteiger partial charge in [0.2, 0.25) is 5.91 Å². The summed E-state index contributed by atoms with van der Waals surface area (Å²) in [7, 11) is 1.39. The fraction of sp³-hybridized carbons (Fsp3) is 0.550. The number of carbonyl (C=O) groups excluding carboxylic acids is 2. The average molecular weight is 396 g/mol. The number of likely N-dealkylation sites (N-methyl/N-ethyl adjacent to an activating group) is 1. The highest BCUT2D eigenvalue weighted by molar-refractivity contribution is 5.89. The fourth-order valence-electron chi connectivity index (χ4n) is 2.83. The number of hydrogen-bond donors (Lipinski definition) is 2. The van der Waals surface area contributed by atoms with Crippen LogP contribution in [0.1, 0.15) is 39.2 Å². The molecule has 2 N–H and O–H groups in total. The molecule has 1 rings (SSSR count). The van der Waals surface area contributed by atoms with Crippen LogP contribution in [0.5, 0.6) is 0 Å². The molecule has 0 bridgehead atoms. The molecule has 0 heterocycles. The summed E-state index contributed by atoms with van der Waals surface area (Å²) in [6.45, 7) is 5.57. The Hall–Kier alpha value is -2.64.